The van der Waals surface area contributed by atoms with Gasteiger partial charge in [0.05, 0.1) is 5.56 Å². The summed E-state index contributed by atoms with van der Waals surface area (Å²) >= 11 is 0. The van der Waals surface area contributed by atoms with Gasteiger partial charge in [0.1, 0.15) is 5.82 Å². The first-order valence-electron chi connectivity index (χ1n) is 8.57. The van der Waals surface area contributed by atoms with E-state index in [1.54, 1.807) is 37.3 Å². The molecule has 0 aliphatic heterocycles. The van der Waals surface area contributed by atoms with Gasteiger partial charge in [-0.2, -0.15) is 18.3 Å². The highest BCUT2D eigenvalue weighted by Crippen LogP contribution is 2.45. The molecule has 26 heavy (non-hydrogen) atoms. The molecule has 3 nitrogen and oxygen atoms in total. The number of aromatic amines is 1. The van der Waals surface area contributed by atoms with Crippen LogP contribution in [0.5, 0.6) is 0 Å². The number of benzene rings is 2. The quantitative estimate of drug-likeness (QED) is 0.656. The molecule has 1 atom stereocenters. The van der Waals surface area contributed by atoms with Gasteiger partial charge in [0.15, 0.2) is 5.82 Å². The number of H-pyrrole nitrogens is 1. The van der Waals surface area contributed by atoms with Gasteiger partial charge in [-0.3, -0.25) is 5.10 Å². The van der Waals surface area contributed by atoms with Crippen LogP contribution in [-0.4, -0.2) is 15.2 Å². The van der Waals surface area contributed by atoms with Gasteiger partial charge in [-0.05, 0) is 54.0 Å². The van der Waals surface area contributed by atoms with Crippen molar-refractivity contribution >= 4 is 0 Å². The van der Waals surface area contributed by atoms with E-state index in [2.05, 4.69) is 22.1 Å². The molecule has 4 rings (SSSR count). The molecular weight excluding hydrogens is 339 g/mol. The molecule has 0 bridgehead atoms. The molecule has 1 aliphatic rings. The molecule has 1 N–H and O–H groups in total. The smallest absolute Gasteiger partial charge is 0.263 e. The maximum absolute atomic E-state index is 13.6. The zero-order chi connectivity index (χ0) is 18.5. The molecule has 0 saturated heterocycles. The van der Waals surface area contributed by atoms with Gasteiger partial charge < -0.3 is 0 Å². The SMILES string of the molecule is Cc1nc(-c2ccc(-c3c(C(F)(F)F)ccc4c3CC[C@H]4C)cc2)n[nH]1. The fraction of sp³-hybridized carbons (Fsp3) is 0.300. The van der Waals surface area contributed by atoms with Gasteiger partial charge >= 0.3 is 6.18 Å². The van der Waals surface area contributed by atoms with Crippen molar-refractivity contribution in [3.8, 4) is 22.5 Å². The lowest BCUT2D eigenvalue weighted by molar-refractivity contribution is -0.137. The zero-order valence-electron chi connectivity index (χ0n) is 14.5. The molecule has 1 aliphatic carbocycles. The number of fused-ring (bicyclic) bond motifs is 1. The van der Waals surface area contributed by atoms with Gasteiger partial charge in [0.2, 0.25) is 0 Å². The molecule has 134 valence electrons. The van der Waals surface area contributed by atoms with Crippen molar-refractivity contribution in [1.82, 2.24) is 15.2 Å². The Morgan fingerprint density at radius 2 is 1.73 bits per heavy atom. The highest BCUT2D eigenvalue weighted by atomic mass is 19.4. The predicted octanol–water partition coefficient (Wildman–Crippen LogP) is 5.52. The summed E-state index contributed by atoms with van der Waals surface area (Å²) in [5.74, 6) is 1.52. The number of rotatable bonds is 2. The lowest BCUT2D eigenvalue weighted by atomic mass is 9.90. The van der Waals surface area contributed by atoms with Crippen molar-refractivity contribution in [1.29, 1.82) is 0 Å². The summed E-state index contributed by atoms with van der Waals surface area (Å²) in [6.45, 7) is 3.87. The van der Waals surface area contributed by atoms with Gasteiger partial charge in [-0.25, -0.2) is 4.98 Å². The lowest BCUT2D eigenvalue weighted by Crippen LogP contribution is -2.09. The predicted molar refractivity (Wildman–Crippen MR) is 93.7 cm³/mol. The Hall–Kier alpha value is -2.63. The van der Waals surface area contributed by atoms with Gasteiger partial charge in [-0.15, -0.1) is 0 Å². The van der Waals surface area contributed by atoms with Gasteiger partial charge in [0, 0.05) is 5.56 Å². The molecule has 0 radical (unpaired) electrons. The average Bonchev–Trinajstić information content (AvgIpc) is 3.20. The molecule has 1 aromatic heterocycles. The van der Waals surface area contributed by atoms with Crippen LogP contribution in [0.4, 0.5) is 13.2 Å². The van der Waals surface area contributed by atoms with Crippen LogP contribution in [0.15, 0.2) is 36.4 Å². The van der Waals surface area contributed by atoms with Crippen molar-refractivity contribution in [3.05, 3.63) is 58.9 Å². The van der Waals surface area contributed by atoms with Crippen LogP contribution >= 0.6 is 0 Å². The number of aryl methyl sites for hydroxylation is 1. The van der Waals surface area contributed by atoms with Crippen LogP contribution in [0.3, 0.4) is 0 Å². The maximum Gasteiger partial charge on any atom is 0.417 e. The fourth-order valence-electron chi connectivity index (χ4n) is 3.74. The van der Waals surface area contributed by atoms with E-state index in [1.165, 1.54) is 6.07 Å². The summed E-state index contributed by atoms with van der Waals surface area (Å²) < 4.78 is 40.9. The van der Waals surface area contributed by atoms with E-state index in [1.807, 2.05) is 0 Å². The monoisotopic (exact) mass is 357 g/mol. The normalized spacial score (nSPS) is 16.7. The van der Waals surface area contributed by atoms with Crippen molar-refractivity contribution in [3.63, 3.8) is 0 Å². The molecule has 0 saturated carbocycles. The number of hydrogen-bond donors (Lipinski definition) is 1. The Bertz CT molecular complexity index is 955. The zero-order valence-corrected chi connectivity index (χ0v) is 14.5. The van der Waals surface area contributed by atoms with E-state index < -0.39 is 11.7 Å². The molecule has 0 unspecified atom stereocenters. The van der Waals surface area contributed by atoms with Crippen LogP contribution in [0.2, 0.25) is 0 Å². The molecular formula is C20H18F3N3. The third-order valence-electron chi connectivity index (χ3n) is 5.04. The highest BCUT2D eigenvalue weighted by molar-refractivity contribution is 5.76. The third-order valence-corrected chi connectivity index (χ3v) is 5.04. The first-order chi connectivity index (χ1) is 12.3. The number of nitrogens with one attached hydrogen (secondary N) is 1. The van der Waals surface area contributed by atoms with Gasteiger partial charge in [0.25, 0.3) is 0 Å². The van der Waals surface area contributed by atoms with Crippen molar-refractivity contribution < 1.29 is 13.2 Å². The minimum absolute atomic E-state index is 0.293. The summed E-state index contributed by atoms with van der Waals surface area (Å²) in [5, 5.41) is 6.87. The van der Waals surface area contributed by atoms with Crippen molar-refractivity contribution in [2.75, 3.05) is 0 Å². The minimum Gasteiger partial charge on any atom is -0.263 e. The second-order valence-corrected chi connectivity index (χ2v) is 6.82. The average molecular weight is 357 g/mol. The van der Waals surface area contributed by atoms with Crippen LogP contribution in [0, 0.1) is 6.92 Å². The Kier molecular flexibility index (Phi) is 3.86. The first kappa shape index (κ1) is 16.8. The summed E-state index contributed by atoms with van der Waals surface area (Å²) in [6.07, 6.45) is -2.81. The van der Waals surface area contributed by atoms with E-state index >= 15 is 0 Å². The standard InChI is InChI=1S/C20H18F3N3/c1-11-3-8-16-15(11)9-10-17(20(21,22)23)18(16)13-4-6-14(7-5-13)19-24-12(2)25-26-19/h4-7,9-11H,3,8H2,1-2H3,(H,24,25,26)/t11-/m1/s1. The molecule has 0 amide bonds. The third kappa shape index (κ3) is 2.79. The van der Waals surface area contributed by atoms with Crippen molar-refractivity contribution in [2.24, 2.45) is 0 Å². The summed E-state index contributed by atoms with van der Waals surface area (Å²) in [7, 11) is 0. The second kappa shape index (κ2) is 5.97. The van der Waals surface area contributed by atoms with Crippen LogP contribution in [0.25, 0.3) is 22.5 Å². The summed E-state index contributed by atoms with van der Waals surface area (Å²) in [6, 6.07) is 9.88. The number of alkyl halides is 3. The van der Waals surface area contributed by atoms with E-state index in [0.717, 1.165) is 23.1 Å². The first-order valence-corrected chi connectivity index (χ1v) is 8.57. The molecule has 1 heterocycles. The Morgan fingerprint density at radius 3 is 2.35 bits per heavy atom. The van der Waals surface area contributed by atoms with E-state index in [-0.39, 0.29) is 0 Å². The van der Waals surface area contributed by atoms with Crippen LogP contribution in [0.1, 0.15) is 41.8 Å². The summed E-state index contributed by atoms with van der Waals surface area (Å²) in [5.41, 5.74) is 2.96. The maximum atomic E-state index is 13.6. The summed E-state index contributed by atoms with van der Waals surface area (Å²) in [4.78, 5) is 4.26. The van der Waals surface area contributed by atoms with E-state index in [9.17, 15) is 13.2 Å². The van der Waals surface area contributed by atoms with Crippen LogP contribution < -0.4 is 0 Å². The molecule has 2 aromatic carbocycles. The number of aromatic nitrogens is 3. The van der Waals surface area contributed by atoms with Crippen LogP contribution in [-0.2, 0) is 12.6 Å². The molecule has 0 spiro atoms. The number of nitrogens with zero attached hydrogens (tertiary/aromatic N) is 2. The van der Waals surface area contributed by atoms with E-state index in [4.69, 9.17) is 0 Å². The van der Waals surface area contributed by atoms with Crippen molar-refractivity contribution in [2.45, 2.75) is 38.8 Å². The molecule has 3 aromatic rings. The Balaban J connectivity index is 1.84. The second-order valence-electron chi connectivity index (χ2n) is 6.82. The molecule has 6 heteroatoms. The Morgan fingerprint density at radius 1 is 1.04 bits per heavy atom. The lowest BCUT2D eigenvalue weighted by Gasteiger charge is -2.18. The Labute approximate surface area is 149 Å². The number of halogens is 3. The fourth-order valence-corrected chi connectivity index (χ4v) is 3.74. The largest absolute Gasteiger partial charge is 0.417 e. The van der Waals surface area contributed by atoms with Gasteiger partial charge in [-0.1, -0.05) is 37.3 Å². The topological polar surface area (TPSA) is 41.6 Å². The highest BCUT2D eigenvalue weighted by Gasteiger charge is 2.36. The number of hydrogen-bond acceptors (Lipinski definition) is 2. The minimum atomic E-state index is -4.38. The van der Waals surface area contributed by atoms with E-state index in [0.29, 0.717) is 35.1 Å². The molecule has 0 fully saturated rings.